The molecule has 0 unspecified atom stereocenters. The number of hydrogen-bond acceptors (Lipinski definition) is 7. The number of halogens is 1. The maximum absolute atomic E-state index is 12.8. The summed E-state index contributed by atoms with van der Waals surface area (Å²) in [5.41, 5.74) is 20.4. The molecule has 0 radical (unpaired) electrons. The van der Waals surface area contributed by atoms with Crippen molar-refractivity contribution >= 4 is 75.7 Å². The van der Waals surface area contributed by atoms with E-state index in [1.54, 1.807) is 0 Å². The Hall–Kier alpha value is -6.55. The highest BCUT2D eigenvalue weighted by atomic mass is 35.5. The summed E-state index contributed by atoms with van der Waals surface area (Å²) in [6, 6.07) is 29.8. The Morgan fingerprint density at radius 3 is 1.03 bits per heavy atom. The lowest BCUT2D eigenvalue weighted by atomic mass is 9.78. The van der Waals surface area contributed by atoms with Gasteiger partial charge in [0.25, 0.3) is 0 Å². The van der Waals surface area contributed by atoms with Crippen molar-refractivity contribution in [2.75, 3.05) is 12.9 Å². The first-order valence-corrected chi connectivity index (χ1v) is 28.9. The molecule has 4 aromatic heterocycles. The van der Waals surface area contributed by atoms with Gasteiger partial charge >= 0.3 is 5.97 Å². The molecular formula is C69H79ClN6O2S. The molecule has 0 aliphatic carbocycles. The van der Waals surface area contributed by atoms with Gasteiger partial charge in [0.1, 0.15) is 16.5 Å². The fourth-order valence-corrected chi connectivity index (χ4v) is 11.3. The van der Waals surface area contributed by atoms with Gasteiger partial charge in [-0.25, -0.2) is 19.9 Å². The number of fused-ring (bicyclic) bond motifs is 8. The zero-order valence-corrected chi connectivity index (χ0v) is 51.6. The second kappa shape index (κ2) is 20.5. The molecule has 8 bridgehead atoms. The molecule has 3 aromatic carbocycles. The first-order chi connectivity index (χ1) is 36.7. The number of esters is 1. The number of carbonyl (C=O) groups excluding carboxylic acids is 1. The first kappa shape index (κ1) is 57.1. The summed E-state index contributed by atoms with van der Waals surface area (Å²) in [6.45, 7) is 41.0. The molecule has 0 spiro atoms. The molecule has 0 saturated heterocycles. The van der Waals surface area contributed by atoms with E-state index in [0.717, 1.165) is 72.5 Å². The van der Waals surface area contributed by atoms with E-state index in [1.165, 1.54) is 58.6 Å². The normalized spacial score (nSPS) is 13.4. The number of nitrogens with one attached hydrogen (secondary N) is 2. The van der Waals surface area contributed by atoms with Crippen LogP contribution in [0, 0.1) is 0 Å². The number of thioether (sulfide) groups is 1. The number of carbonyl (C=O) groups is 1. The van der Waals surface area contributed by atoms with Crippen LogP contribution in [0.15, 0.2) is 90.2 Å². The molecule has 10 heteroatoms. The van der Waals surface area contributed by atoms with Gasteiger partial charge in [0.2, 0.25) is 0 Å². The van der Waals surface area contributed by atoms with E-state index >= 15 is 0 Å². The number of nitrogens with zero attached hydrogens (tertiary/aromatic N) is 4. The van der Waals surface area contributed by atoms with Gasteiger partial charge in [0.05, 0.1) is 41.2 Å². The number of ether oxygens (including phenoxy) is 1. The molecule has 7 aromatic rings. The Balaban J connectivity index is 1.54. The van der Waals surface area contributed by atoms with Crippen molar-refractivity contribution < 1.29 is 9.53 Å². The van der Waals surface area contributed by atoms with Crippen LogP contribution >= 0.6 is 23.4 Å². The molecule has 8 nitrogen and oxygen atoms in total. The van der Waals surface area contributed by atoms with Crippen molar-refractivity contribution in [2.45, 2.75) is 162 Å². The highest BCUT2D eigenvalue weighted by molar-refractivity contribution is 8.00. The fourth-order valence-electron chi connectivity index (χ4n) is 10.1. The van der Waals surface area contributed by atoms with Crippen LogP contribution in [0.3, 0.4) is 0 Å². The smallest absolute Gasteiger partial charge is 0.316 e. The number of methoxy groups -OCH3 is 1. The molecule has 410 valence electrons. The Morgan fingerprint density at radius 1 is 0.443 bits per heavy atom. The van der Waals surface area contributed by atoms with Crippen LogP contribution in [-0.4, -0.2) is 48.7 Å². The zero-order valence-electron chi connectivity index (χ0n) is 50.0. The van der Waals surface area contributed by atoms with Crippen molar-refractivity contribution in [3.05, 3.63) is 146 Å². The average molecular weight is 1090 g/mol. The van der Waals surface area contributed by atoms with Gasteiger partial charge in [-0.05, 0) is 131 Å². The van der Waals surface area contributed by atoms with Gasteiger partial charge in [-0.15, -0.1) is 0 Å². The minimum Gasteiger partial charge on any atom is -0.468 e. The Labute approximate surface area is 478 Å². The number of hydrogen-bond donors (Lipinski definition) is 2. The highest BCUT2D eigenvalue weighted by Crippen LogP contribution is 2.45. The molecule has 0 amide bonds. The topological polar surface area (TPSA) is 109 Å². The molecule has 9 rings (SSSR count). The largest absolute Gasteiger partial charge is 0.468 e. The molecular weight excluding hydrogens is 1010 g/mol. The predicted octanol–water partition coefficient (Wildman–Crippen LogP) is 18.8. The van der Waals surface area contributed by atoms with Crippen molar-refractivity contribution in [1.82, 2.24) is 29.9 Å². The standard InChI is InChI=1S/C69H79ClN6O2S/c1-64(2,3)42-28-39(29-43(34-42)65(4,5)6)57-48-20-22-50(73-48)58(40-30-44(66(7,8)9)35-45(31-40)67(10,11)12)52-24-26-54(75-52)60(61-62(70)71-38-72-63(61)79-37-56(77)78-19)55-27-25-53(76-55)59(51-23-21-49(57)74-51)41-32-46(68(13,14)15)36-47(33-41)69(16,17)18/h20-36,38,73,76H,37H2,1-19H3. The van der Waals surface area contributed by atoms with E-state index in [1.807, 2.05) is 0 Å². The van der Waals surface area contributed by atoms with Gasteiger partial charge in [-0.3, -0.25) is 4.79 Å². The second-order valence-electron chi connectivity index (χ2n) is 27.6. The fraction of sp³-hybridized carbons (Fsp3) is 0.377. The second-order valence-corrected chi connectivity index (χ2v) is 28.9. The van der Waals surface area contributed by atoms with Crippen LogP contribution in [0.4, 0.5) is 0 Å². The number of benzene rings is 3. The van der Waals surface area contributed by atoms with Crippen LogP contribution in [0.2, 0.25) is 5.15 Å². The molecule has 79 heavy (non-hydrogen) atoms. The Morgan fingerprint density at radius 2 is 0.734 bits per heavy atom. The van der Waals surface area contributed by atoms with E-state index in [0.29, 0.717) is 21.8 Å². The predicted molar refractivity (Wildman–Crippen MR) is 336 cm³/mol. The van der Waals surface area contributed by atoms with Crippen LogP contribution in [0.5, 0.6) is 0 Å². The summed E-state index contributed by atoms with van der Waals surface area (Å²) in [6.07, 6.45) is 9.96. The SMILES string of the molecule is COC(=O)CSc1ncnc(Cl)c1-c1c2nc(c(-c3cc(C(C)(C)C)cc(C(C)(C)C)c3)c3ccc([nH]3)c(-c3cc(C(C)(C)C)cc(C(C)(C)C)c3)c3nc(c(-c4cc(C(C)(C)C)cc(C(C)(C)C)c4)c4ccc1[nH]4)C=C3)C=C2. The summed E-state index contributed by atoms with van der Waals surface area (Å²) in [5, 5.41) is 0.750. The average Bonchev–Trinajstić information content (AvgIpc) is 4.36. The maximum atomic E-state index is 12.8. The lowest BCUT2D eigenvalue weighted by Gasteiger charge is -2.26. The molecule has 2 N–H and O–H groups in total. The first-order valence-electron chi connectivity index (χ1n) is 27.5. The van der Waals surface area contributed by atoms with E-state index < -0.39 is 0 Å². The molecule has 0 fully saturated rings. The van der Waals surface area contributed by atoms with Crippen molar-refractivity contribution in [1.29, 1.82) is 0 Å². The third-order valence-corrected chi connectivity index (χ3v) is 16.4. The van der Waals surface area contributed by atoms with Crippen LogP contribution in [-0.2, 0) is 42.0 Å². The van der Waals surface area contributed by atoms with Crippen LogP contribution in [0.25, 0.3) is 90.9 Å². The van der Waals surface area contributed by atoms with E-state index in [9.17, 15) is 4.79 Å². The van der Waals surface area contributed by atoms with E-state index in [-0.39, 0.29) is 49.4 Å². The summed E-state index contributed by atoms with van der Waals surface area (Å²) in [5.74, 6) is -0.362. The van der Waals surface area contributed by atoms with Gasteiger partial charge in [-0.1, -0.05) is 203 Å². The summed E-state index contributed by atoms with van der Waals surface area (Å²) < 4.78 is 5.11. The lowest BCUT2D eigenvalue weighted by Crippen LogP contribution is -2.16. The summed E-state index contributed by atoms with van der Waals surface area (Å²) >= 11 is 8.55. The number of aromatic nitrogens is 6. The van der Waals surface area contributed by atoms with Gasteiger partial charge in [0.15, 0.2) is 0 Å². The summed E-state index contributed by atoms with van der Waals surface area (Å²) in [4.78, 5) is 41.5. The minimum absolute atomic E-state index is 0.0211. The minimum atomic E-state index is -0.383. The van der Waals surface area contributed by atoms with E-state index in [2.05, 4.69) is 243 Å². The third kappa shape index (κ3) is 11.9. The van der Waals surface area contributed by atoms with Crippen molar-refractivity contribution in [3.63, 3.8) is 0 Å². The zero-order chi connectivity index (χ0) is 57.5. The lowest BCUT2D eigenvalue weighted by molar-refractivity contribution is -0.137. The van der Waals surface area contributed by atoms with Crippen LogP contribution < -0.4 is 0 Å². The van der Waals surface area contributed by atoms with Crippen molar-refractivity contribution in [2.24, 2.45) is 0 Å². The molecule has 0 saturated carbocycles. The Bertz CT molecular complexity index is 3640. The molecule has 2 aliphatic heterocycles. The summed E-state index contributed by atoms with van der Waals surface area (Å²) in [7, 11) is 1.39. The van der Waals surface area contributed by atoms with E-state index in [4.69, 9.17) is 31.3 Å². The number of H-pyrrole nitrogens is 2. The monoisotopic (exact) mass is 1090 g/mol. The number of rotatable bonds is 7. The molecule has 0 atom stereocenters. The van der Waals surface area contributed by atoms with Crippen molar-refractivity contribution in [3.8, 4) is 44.5 Å². The van der Waals surface area contributed by atoms with Gasteiger partial charge in [0, 0.05) is 44.3 Å². The maximum Gasteiger partial charge on any atom is 0.316 e. The highest BCUT2D eigenvalue weighted by Gasteiger charge is 2.29. The van der Waals surface area contributed by atoms with Gasteiger partial charge < -0.3 is 14.7 Å². The number of aromatic amines is 2. The quantitative estimate of drug-likeness (QED) is 0.0929. The molecule has 6 heterocycles. The molecule has 2 aliphatic rings. The Kier molecular flexibility index (Phi) is 14.8. The third-order valence-electron chi connectivity index (χ3n) is 15.2. The van der Waals surface area contributed by atoms with Crippen LogP contribution in [0.1, 0.15) is 181 Å². The van der Waals surface area contributed by atoms with Gasteiger partial charge in [-0.2, -0.15) is 0 Å².